The number of fused-ring (bicyclic) bond motifs is 1. The highest BCUT2D eigenvalue weighted by Gasteiger charge is 2.59. The van der Waals surface area contributed by atoms with Crippen molar-refractivity contribution in [1.82, 2.24) is 19.7 Å². The van der Waals surface area contributed by atoms with Crippen LogP contribution in [-0.2, 0) is 0 Å². The minimum atomic E-state index is -4.83. The summed E-state index contributed by atoms with van der Waals surface area (Å²) in [5, 5.41) is 4.71. The van der Waals surface area contributed by atoms with Gasteiger partial charge in [-0.1, -0.05) is 6.92 Å². The van der Waals surface area contributed by atoms with Crippen molar-refractivity contribution in [3.05, 3.63) is 24.0 Å². The minimum absolute atomic E-state index is 0.140. The average molecular weight is 438 g/mol. The summed E-state index contributed by atoms with van der Waals surface area (Å²) in [5.41, 5.74) is 7.95. The van der Waals surface area contributed by atoms with Gasteiger partial charge in [0.1, 0.15) is 0 Å². The standard InChI is InChI=1S/C22H30F3N5O/c1-6-21(4,5)29-10-14-15(11-29)19(14)17-8-16(28-30(17)12(2)3)13-7-18(20(26)27-9-13)31-22(23,24)25/h7-9,12,14-15,19H,6,10-11H2,1-5H3,(H2,26,27)/t14-,15+,19?. The van der Waals surface area contributed by atoms with Crippen molar-refractivity contribution in [3.63, 3.8) is 0 Å². The first-order valence-electron chi connectivity index (χ1n) is 10.8. The Labute approximate surface area is 180 Å². The first-order chi connectivity index (χ1) is 14.4. The lowest BCUT2D eigenvalue weighted by Gasteiger charge is -2.36. The van der Waals surface area contributed by atoms with Crippen LogP contribution in [0.25, 0.3) is 11.3 Å². The van der Waals surface area contributed by atoms with E-state index in [2.05, 4.69) is 49.2 Å². The second-order valence-corrected chi connectivity index (χ2v) is 9.57. The Bertz CT molecular complexity index is 957. The molecular formula is C22H30F3N5O. The van der Waals surface area contributed by atoms with Crippen LogP contribution < -0.4 is 10.5 Å². The second-order valence-electron chi connectivity index (χ2n) is 9.57. The first-order valence-corrected chi connectivity index (χ1v) is 10.8. The molecule has 31 heavy (non-hydrogen) atoms. The molecule has 0 radical (unpaired) electrons. The number of pyridine rings is 1. The Morgan fingerprint density at radius 3 is 2.39 bits per heavy atom. The van der Waals surface area contributed by atoms with Crippen molar-refractivity contribution in [3.8, 4) is 17.0 Å². The van der Waals surface area contributed by atoms with Gasteiger partial charge in [0.25, 0.3) is 0 Å². The zero-order valence-corrected chi connectivity index (χ0v) is 18.6. The van der Waals surface area contributed by atoms with Crippen molar-refractivity contribution >= 4 is 5.82 Å². The molecule has 0 aromatic carbocycles. The van der Waals surface area contributed by atoms with E-state index in [-0.39, 0.29) is 17.4 Å². The van der Waals surface area contributed by atoms with Gasteiger partial charge >= 0.3 is 6.36 Å². The van der Waals surface area contributed by atoms with E-state index in [4.69, 9.17) is 10.8 Å². The zero-order valence-electron chi connectivity index (χ0n) is 18.6. The molecule has 3 heterocycles. The molecule has 1 saturated carbocycles. The third-order valence-electron chi connectivity index (χ3n) is 6.91. The maximum absolute atomic E-state index is 12.7. The van der Waals surface area contributed by atoms with Crippen molar-refractivity contribution in [2.24, 2.45) is 11.8 Å². The van der Waals surface area contributed by atoms with Crippen molar-refractivity contribution in [2.45, 2.75) is 64.9 Å². The minimum Gasteiger partial charge on any atom is -0.402 e. The Balaban J connectivity index is 1.60. The van der Waals surface area contributed by atoms with Crippen molar-refractivity contribution < 1.29 is 17.9 Å². The Kier molecular flexibility index (Phi) is 5.23. The van der Waals surface area contributed by atoms with E-state index in [1.807, 2.05) is 10.7 Å². The molecule has 0 bridgehead atoms. The fourth-order valence-electron chi connectivity index (χ4n) is 4.70. The number of nitrogen functional groups attached to an aromatic ring is 1. The number of alkyl halides is 3. The summed E-state index contributed by atoms with van der Waals surface area (Å²) < 4.78 is 44.1. The summed E-state index contributed by atoms with van der Waals surface area (Å²) in [7, 11) is 0. The highest BCUT2D eigenvalue weighted by Crippen LogP contribution is 2.59. The number of hydrogen-bond donors (Lipinski definition) is 1. The largest absolute Gasteiger partial charge is 0.573 e. The van der Waals surface area contributed by atoms with Gasteiger partial charge in [-0.2, -0.15) is 5.10 Å². The molecular weight excluding hydrogens is 407 g/mol. The van der Waals surface area contributed by atoms with E-state index in [9.17, 15) is 13.2 Å². The summed E-state index contributed by atoms with van der Waals surface area (Å²) in [6, 6.07) is 3.38. The third-order valence-corrected chi connectivity index (χ3v) is 6.91. The predicted octanol–water partition coefficient (Wildman–Crippen LogP) is 4.84. The molecule has 0 spiro atoms. The number of nitrogens with zero attached hydrogens (tertiary/aromatic N) is 4. The monoisotopic (exact) mass is 437 g/mol. The van der Waals surface area contributed by atoms with Crippen LogP contribution in [0.15, 0.2) is 18.3 Å². The number of piperidine rings is 1. The van der Waals surface area contributed by atoms with Crippen LogP contribution in [0.3, 0.4) is 0 Å². The molecule has 1 saturated heterocycles. The highest BCUT2D eigenvalue weighted by atomic mass is 19.4. The molecule has 2 N–H and O–H groups in total. The van der Waals surface area contributed by atoms with Gasteiger partial charge in [0, 0.05) is 48.0 Å². The summed E-state index contributed by atoms with van der Waals surface area (Å²) in [4.78, 5) is 6.45. The lowest BCUT2D eigenvalue weighted by molar-refractivity contribution is -0.274. The highest BCUT2D eigenvalue weighted by molar-refractivity contribution is 5.64. The van der Waals surface area contributed by atoms with Crippen LogP contribution in [0.4, 0.5) is 19.0 Å². The van der Waals surface area contributed by atoms with Gasteiger partial charge < -0.3 is 10.5 Å². The van der Waals surface area contributed by atoms with Crippen LogP contribution in [-0.4, -0.2) is 44.7 Å². The maximum atomic E-state index is 12.7. The van der Waals surface area contributed by atoms with Gasteiger partial charge in [-0.3, -0.25) is 9.58 Å². The molecule has 6 nitrogen and oxygen atoms in total. The maximum Gasteiger partial charge on any atom is 0.573 e. The van der Waals surface area contributed by atoms with Crippen molar-refractivity contribution in [1.29, 1.82) is 0 Å². The van der Waals surface area contributed by atoms with Gasteiger partial charge in [0.05, 0.1) is 5.69 Å². The topological polar surface area (TPSA) is 69.2 Å². The Morgan fingerprint density at radius 2 is 1.84 bits per heavy atom. The molecule has 2 fully saturated rings. The summed E-state index contributed by atoms with van der Waals surface area (Å²) in [6.07, 6.45) is -2.29. The lowest BCUT2D eigenvalue weighted by atomic mass is 9.98. The molecule has 1 aliphatic heterocycles. The zero-order chi connectivity index (χ0) is 22.7. The van der Waals surface area contributed by atoms with Crippen LogP contribution in [0.5, 0.6) is 5.75 Å². The first kappa shape index (κ1) is 21.9. The van der Waals surface area contributed by atoms with Crippen molar-refractivity contribution in [2.75, 3.05) is 18.8 Å². The summed E-state index contributed by atoms with van der Waals surface area (Å²) in [5.74, 6) is 0.814. The normalized spacial score (nSPS) is 24.0. The van der Waals surface area contributed by atoms with E-state index in [0.29, 0.717) is 29.0 Å². The van der Waals surface area contributed by atoms with E-state index in [0.717, 1.165) is 25.2 Å². The molecule has 2 aromatic heterocycles. The molecule has 4 rings (SSSR count). The van der Waals surface area contributed by atoms with E-state index in [1.54, 1.807) is 0 Å². The number of nitrogens with two attached hydrogens (primary N) is 1. The fourth-order valence-corrected chi connectivity index (χ4v) is 4.70. The SMILES string of the molecule is CCC(C)(C)N1C[C@@H]2C(c3cc(-c4cnc(N)c(OC(F)(F)F)c4)nn3C(C)C)[C@@H]2C1. The Hall–Kier alpha value is -2.29. The number of likely N-dealkylation sites (tertiary alicyclic amines) is 1. The quantitative estimate of drug-likeness (QED) is 0.700. The molecule has 9 heteroatoms. The number of aromatic nitrogens is 3. The van der Waals surface area contributed by atoms with Crippen LogP contribution in [0.1, 0.15) is 58.7 Å². The third kappa shape index (κ3) is 4.12. The molecule has 2 aromatic rings. The number of anilines is 1. The van der Waals surface area contributed by atoms with E-state index in [1.165, 1.54) is 12.3 Å². The number of ether oxygens (including phenoxy) is 1. The molecule has 1 unspecified atom stereocenters. The predicted molar refractivity (Wildman–Crippen MR) is 113 cm³/mol. The summed E-state index contributed by atoms with van der Waals surface area (Å²) in [6.45, 7) is 13.1. The van der Waals surface area contributed by atoms with Crippen LogP contribution in [0, 0.1) is 11.8 Å². The molecule has 0 amide bonds. The van der Waals surface area contributed by atoms with Gasteiger partial charge in [0.15, 0.2) is 11.6 Å². The molecule has 2 aliphatic rings. The fraction of sp³-hybridized carbons (Fsp3) is 0.636. The second kappa shape index (κ2) is 7.39. The van der Waals surface area contributed by atoms with Crippen LogP contribution >= 0.6 is 0 Å². The van der Waals surface area contributed by atoms with E-state index < -0.39 is 12.1 Å². The average Bonchev–Trinajstić information content (AvgIpc) is 3.05. The van der Waals surface area contributed by atoms with Gasteiger partial charge in [-0.15, -0.1) is 13.2 Å². The van der Waals surface area contributed by atoms with E-state index >= 15 is 0 Å². The van der Waals surface area contributed by atoms with Gasteiger partial charge in [-0.25, -0.2) is 4.98 Å². The van der Waals surface area contributed by atoms with Gasteiger partial charge in [0.2, 0.25) is 0 Å². The molecule has 1 aliphatic carbocycles. The smallest absolute Gasteiger partial charge is 0.402 e. The molecule has 170 valence electrons. The lowest BCUT2D eigenvalue weighted by Crippen LogP contribution is -2.43. The number of hydrogen-bond acceptors (Lipinski definition) is 5. The molecule has 3 atom stereocenters. The number of rotatable bonds is 6. The van der Waals surface area contributed by atoms with Gasteiger partial charge in [-0.05, 0) is 58.1 Å². The summed E-state index contributed by atoms with van der Waals surface area (Å²) >= 11 is 0. The number of halogens is 3. The van der Waals surface area contributed by atoms with Crippen LogP contribution in [0.2, 0.25) is 0 Å². The Morgan fingerprint density at radius 1 is 1.19 bits per heavy atom.